The van der Waals surface area contributed by atoms with Crippen LogP contribution in [0, 0.1) is 0 Å². The van der Waals surface area contributed by atoms with Crippen molar-refractivity contribution in [2.24, 2.45) is 0 Å². The third-order valence-electron chi connectivity index (χ3n) is 5.39. The van der Waals surface area contributed by atoms with Crippen molar-refractivity contribution in [3.8, 4) is 0 Å². The number of thioether (sulfide) groups is 1. The first-order valence-electron chi connectivity index (χ1n) is 11.0. The van der Waals surface area contributed by atoms with Gasteiger partial charge < -0.3 is 5.32 Å². The summed E-state index contributed by atoms with van der Waals surface area (Å²) in [5.74, 6) is 0.638. The summed E-state index contributed by atoms with van der Waals surface area (Å²) in [6.07, 6.45) is -1.14. The molecule has 9 heteroatoms. The zero-order valence-corrected chi connectivity index (χ0v) is 20.7. The van der Waals surface area contributed by atoms with Gasteiger partial charge in [0.2, 0.25) is 0 Å². The molecule has 2 aromatic carbocycles. The second kappa shape index (κ2) is 13.4. The van der Waals surface area contributed by atoms with Gasteiger partial charge in [0.05, 0.1) is 5.56 Å². The Bertz CT molecular complexity index is 879. The van der Waals surface area contributed by atoms with Crippen molar-refractivity contribution in [1.29, 1.82) is 0 Å². The van der Waals surface area contributed by atoms with Crippen molar-refractivity contribution in [2.75, 3.05) is 18.9 Å². The second-order valence-corrected chi connectivity index (χ2v) is 10.4. The molecule has 0 aliphatic heterocycles. The first-order valence-corrected chi connectivity index (χ1v) is 13.1. The highest BCUT2D eigenvalue weighted by Crippen LogP contribution is 2.38. The van der Waals surface area contributed by atoms with E-state index in [9.17, 15) is 17.7 Å². The SMILES string of the molecule is CC(C)(CCCCSc1ccc(CNCCCO[P+](=O)O)cc1C(F)(F)F)c1ccccc1. The van der Waals surface area contributed by atoms with Crippen molar-refractivity contribution in [3.05, 3.63) is 65.2 Å². The minimum absolute atomic E-state index is 0.0412. The summed E-state index contributed by atoms with van der Waals surface area (Å²) < 4.78 is 55.8. The Morgan fingerprint density at radius 1 is 1.06 bits per heavy atom. The Hall–Kier alpha value is -1.44. The molecule has 182 valence electrons. The predicted octanol–water partition coefficient (Wildman–Crippen LogP) is 7.09. The van der Waals surface area contributed by atoms with E-state index >= 15 is 0 Å². The molecule has 4 nitrogen and oxygen atoms in total. The average molecular weight is 503 g/mol. The lowest BCUT2D eigenvalue weighted by Gasteiger charge is -2.25. The molecule has 0 aliphatic carbocycles. The molecule has 0 saturated carbocycles. The molecular weight excluding hydrogens is 470 g/mol. The summed E-state index contributed by atoms with van der Waals surface area (Å²) in [5.41, 5.74) is 1.26. The third-order valence-corrected chi connectivity index (χ3v) is 6.95. The Kier molecular flexibility index (Phi) is 11.3. The van der Waals surface area contributed by atoms with Gasteiger partial charge in [-0.2, -0.15) is 13.2 Å². The monoisotopic (exact) mass is 502 g/mol. The molecule has 1 atom stereocenters. The maximum atomic E-state index is 13.6. The third kappa shape index (κ3) is 10.1. The minimum Gasteiger partial charge on any atom is -0.313 e. The van der Waals surface area contributed by atoms with E-state index in [4.69, 9.17) is 4.89 Å². The van der Waals surface area contributed by atoms with Crippen molar-refractivity contribution in [2.45, 2.75) is 62.6 Å². The van der Waals surface area contributed by atoms with E-state index in [2.05, 4.69) is 35.8 Å². The molecular formula is C24H32F3NO3PS+. The highest BCUT2D eigenvalue weighted by atomic mass is 32.2. The van der Waals surface area contributed by atoms with Crippen LogP contribution in [0.25, 0.3) is 0 Å². The maximum Gasteiger partial charge on any atom is 0.694 e. The molecule has 0 saturated heterocycles. The van der Waals surface area contributed by atoms with Crippen LogP contribution in [0.5, 0.6) is 0 Å². The molecule has 0 fully saturated rings. The Labute approximate surface area is 199 Å². The first kappa shape index (κ1) is 27.8. The van der Waals surface area contributed by atoms with E-state index in [1.54, 1.807) is 12.1 Å². The quantitative estimate of drug-likeness (QED) is 0.164. The Morgan fingerprint density at radius 2 is 1.79 bits per heavy atom. The summed E-state index contributed by atoms with van der Waals surface area (Å²) in [6, 6.07) is 14.8. The van der Waals surface area contributed by atoms with E-state index in [0.717, 1.165) is 19.3 Å². The van der Waals surface area contributed by atoms with Crippen LogP contribution in [-0.2, 0) is 27.2 Å². The smallest absolute Gasteiger partial charge is 0.313 e. The topological polar surface area (TPSA) is 58.6 Å². The van der Waals surface area contributed by atoms with Crippen LogP contribution in [0.15, 0.2) is 53.4 Å². The van der Waals surface area contributed by atoms with E-state index in [1.165, 1.54) is 23.4 Å². The Balaban J connectivity index is 1.83. The molecule has 0 radical (unpaired) electrons. The molecule has 0 aromatic heterocycles. The summed E-state index contributed by atoms with van der Waals surface area (Å²) in [6.45, 7) is 5.27. The van der Waals surface area contributed by atoms with Crippen LogP contribution >= 0.6 is 20.0 Å². The van der Waals surface area contributed by atoms with Crippen LogP contribution in [0.3, 0.4) is 0 Å². The zero-order chi connectivity index (χ0) is 24.3. The molecule has 0 aliphatic rings. The number of benzene rings is 2. The molecule has 33 heavy (non-hydrogen) atoms. The number of hydrogen-bond donors (Lipinski definition) is 2. The van der Waals surface area contributed by atoms with Gasteiger partial charge in [-0.1, -0.05) is 56.7 Å². The maximum absolute atomic E-state index is 13.6. The number of alkyl halides is 3. The molecule has 0 amide bonds. The van der Waals surface area contributed by atoms with Gasteiger partial charge in [-0.3, -0.25) is 0 Å². The summed E-state index contributed by atoms with van der Waals surface area (Å²) >= 11 is 1.26. The van der Waals surface area contributed by atoms with Crippen LogP contribution in [0.4, 0.5) is 13.2 Å². The first-order chi connectivity index (χ1) is 15.6. The molecule has 0 spiro atoms. The van der Waals surface area contributed by atoms with Crippen molar-refractivity contribution >= 4 is 20.0 Å². The molecule has 0 bridgehead atoms. The highest BCUT2D eigenvalue weighted by Gasteiger charge is 2.33. The average Bonchev–Trinajstić information content (AvgIpc) is 2.76. The van der Waals surface area contributed by atoms with E-state index in [-0.39, 0.29) is 23.5 Å². The minimum atomic E-state index is -4.41. The van der Waals surface area contributed by atoms with E-state index in [0.29, 0.717) is 24.3 Å². The number of halogens is 3. The Morgan fingerprint density at radius 3 is 2.45 bits per heavy atom. The molecule has 1 unspecified atom stereocenters. The molecule has 2 aromatic rings. The van der Waals surface area contributed by atoms with Gasteiger partial charge in [-0.25, -0.2) is 0 Å². The lowest BCUT2D eigenvalue weighted by molar-refractivity contribution is -0.139. The summed E-state index contributed by atoms with van der Waals surface area (Å²) in [5, 5.41) is 3.03. The second-order valence-electron chi connectivity index (χ2n) is 8.49. The number of rotatable bonds is 14. The zero-order valence-electron chi connectivity index (χ0n) is 19.0. The van der Waals surface area contributed by atoms with Crippen LogP contribution in [0.1, 0.15) is 56.2 Å². The fraction of sp³-hybridized carbons (Fsp3) is 0.500. The number of hydrogen-bond acceptors (Lipinski definition) is 4. The van der Waals surface area contributed by atoms with Gasteiger partial charge in [0.25, 0.3) is 0 Å². The molecule has 2 N–H and O–H groups in total. The molecule has 0 heterocycles. The van der Waals surface area contributed by atoms with Gasteiger partial charge in [-0.05, 0) is 60.2 Å². The van der Waals surface area contributed by atoms with Gasteiger partial charge in [-0.15, -0.1) is 21.2 Å². The highest BCUT2D eigenvalue weighted by molar-refractivity contribution is 7.99. The number of nitrogens with one attached hydrogen (secondary N) is 1. The van der Waals surface area contributed by atoms with Crippen molar-refractivity contribution in [1.82, 2.24) is 5.32 Å². The fourth-order valence-corrected chi connectivity index (χ4v) is 4.84. The normalized spacial score (nSPS) is 12.7. The standard InChI is InChI=1S/C24H31F3NO3PS/c1-23(2,20-9-4-3-5-10-20)13-6-7-16-33-22-12-11-19(17-21(22)24(25,26)27)18-28-14-8-15-31-32(29)30/h3-5,9-12,17,28H,6-8,13-16,18H2,1-2H3/p+1. The van der Waals surface area contributed by atoms with Crippen molar-refractivity contribution < 1.29 is 27.2 Å². The summed E-state index contributed by atoms with van der Waals surface area (Å²) in [4.78, 5) is 8.81. The van der Waals surface area contributed by atoms with Crippen LogP contribution in [0.2, 0.25) is 0 Å². The van der Waals surface area contributed by atoms with Gasteiger partial charge in [0.15, 0.2) is 0 Å². The van der Waals surface area contributed by atoms with Gasteiger partial charge in [0.1, 0.15) is 6.61 Å². The lowest BCUT2D eigenvalue weighted by Crippen LogP contribution is -2.17. The number of unbranched alkanes of at least 4 members (excludes halogenated alkanes) is 1. The summed E-state index contributed by atoms with van der Waals surface area (Å²) in [7, 11) is -2.62. The molecule has 2 rings (SSSR count). The van der Waals surface area contributed by atoms with Gasteiger partial charge >= 0.3 is 14.4 Å². The largest absolute Gasteiger partial charge is 0.694 e. The van der Waals surface area contributed by atoms with Crippen LogP contribution in [-0.4, -0.2) is 23.8 Å². The van der Waals surface area contributed by atoms with E-state index in [1.807, 2.05) is 18.2 Å². The predicted molar refractivity (Wildman–Crippen MR) is 128 cm³/mol. The lowest BCUT2D eigenvalue weighted by atomic mass is 9.80. The van der Waals surface area contributed by atoms with Gasteiger partial charge in [0, 0.05) is 16.0 Å². The van der Waals surface area contributed by atoms with E-state index < -0.39 is 20.0 Å². The fourth-order valence-electron chi connectivity index (χ4n) is 3.49. The van der Waals surface area contributed by atoms with Crippen molar-refractivity contribution in [3.63, 3.8) is 0 Å². The van der Waals surface area contributed by atoms with Crippen LogP contribution < -0.4 is 5.32 Å².